The predicted molar refractivity (Wildman–Crippen MR) is 44.0 cm³/mol. The van der Waals surface area contributed by atoms with Crippen LogP contribution in [0.15, 0.2) is 0 Å². The first-order valence-corrected chi connectivity index (χ1v) is 5.45. The maximum atomic E-state index is 1.66. The second-order valence-corrected chi connectivity index (χ2v) is 5.38. The van der Waals surface area contributed by atoms with E-state index < -0.39 is 0 Å². The van der Waals surface area contributed by atoms with Crippen molar-refractivity contribution in [2.45, 2.75) is 32.1 Å². The average molecular weight is 148 g/mol. The van der Waals surface area contributed by atoms with Gasteiger partial charge in [-0.2, -0.15) is 0 Å². The van der Waals surface area contributed by atoms with Crippen LogP contribution in [-0.2, 0) is 0 Å². The number of rotatable bonds is 1. The Morgan fingerprint density at radius 2 is 1.36 bits per heavy atom. The molecule has 4 rings (SSSR count). The lowest BCUT2D eigenvalue weighted by molar-refractivity contribution is 0.318. The van der Waals surface area contributed by atoms with Crippen molar-refractivity contribution < 1.29 is 0 Å². The van der Waals surface area contributed by atoms with Gasteiger partial charge in [0.25, 0.3) is 0 Å². The third-order valence-electron chi connectivity index (χ3n) is 5.05. The largest absolute Gasteiger partial charge is 0.0499 e. The van der Waals surface area contributed by atoms with E-state index in [1.54, 1.807) is 32.1 Å². The van der Waals surface area contributed by atoms with Gasteiger partial charge in [-0.3, -0.25) is 0 Å². The van der Waals surface area contributed by atoms with Gasteiger partial charge < -0.3 is 0 Å². The van der Waals surface area contributed by atoms with E-state index in [0.29, 0.717) is 0 Å². The van der Waals surface area contributed by atoms with Gasteiger partial charge in [0.15, 0.2) is 0 Å². The van der Waals surface area contributed by atoms with Crippen LogP contribution in [0.2, 0.25) is 0 Å². The second-order valence-electron chi connectivity index (χ2n) is 5.38. The summed E-state index contributed by atoms with van der Waals surface area (Å²) >= 11 is 0. The molecule has 0 saturated heterocycles. The molecule has 0 N–H and O–H groups in total. The lowest BCUT2D eigenvalue weighted by atomic mass is 9.88. The van der Waals surface area contributed by atoms with Gasteiger partial charge >= 0.3 is 0 Å². The zero-order chi connectivity index (χ0) is 7.00. The van der Waals surface area contributed by atoms with Gasteiger partial charge in [-0.25, -0.2) is 0 Å². The Labute approximate surface area is 68.4 Å². The molecule has 0 aromatic rings. The third-order valence-corrected chi connectivity index (χ3v) is 5.05. The summed E-state index contributed by atoms with van der Waals surface area (Å²) in [6, 6.07) is 0. The summed E-state index contributed by atoms with van der Waals surface area (Å²) in [5.41, 5.74) is 0. The normalized spacial score (nSPS) is 64.9. The molecule has 0 heterocycles. The van der Waals surface area contributed by atoms with Crippen molar-refractivity contribution in [3.8, 4) is 0 Å². The topological polar surface area (TPSA) is 0 Å². The van der Waals surface area contributed by atoms with Gasteiger partial charge in [-0.15, -0.1) is 0 Å². The maximum Gasteiger partial charge on any atom is -0.0321 e. The van der Waals surface area contributed by atoms with Crippen molar-refractivity contribution in [1.29, 1.82) is 0 Å². The number of fused-ring (bicyclic) bond motifs is 1. The van der Waals surface area contributed by atoms with Crippen molar-refractivity contribution in [2.24, 2.45) is 35.5 Å². The first-order chi connectivity index (χ1) is 5.45. The van der Waals surface area contributed by atoms with E-state index in [4.69, 9.17) is 0 Å². The van der Waals surface area contributed by atoms with Gasteiger partial charge in [0.05, 0.1) is 0 Å². The summed E-state index contributed by atoms with van der Waals surface area (Å²) < 4.78 is 0. The average Bonchev–Trinajstić information content (AvgIpc) is 2.85. The Morgan fingerprint density at radius 3 is 2.00 bits per heavy atom. The highest BCUT2D eigenvalue weighted by Gasteiger charge is 2.66. The molecule has 0 radical (unpaired) electrons. The lowest BCUT2D eigenvalue weighted by Gasteiger charge is -2.17. The molecule has 0 bridgehead atoms. The van der Waals surface area contributed by atoms with E-state index in [9.17, 15) is 0 Å². The second kappa shape index (κ2) is 1.53. The predicted octanol–water partition coefficient (Wildman–Crippen LogP) is 2.69. The van der Waals surface area contributed by atoms with E-state index in [0.717, 1.165) is 0 Å². The Morgan fingerprint density at radius 1 is 0.636 bits per heavy atom. The summed E-state index contributed by atoms with van der Waals surface area (Å²) in [6.45, 7) is 0. The fraction of sp³-hybridized carbons (Fsp3) is 1.00. The van der Waals surface area contributed by atoms with Crippen LogP contribution >= 0.6 is 0 Å². The van der Waals surface area contributed by atoms with Gasteiger partial charge in [-0.1, -0.05) is 0 Å². The van der Waals surface area contributed by atoms with E-state index in [1.807, 2.05) is 0 Å². The molecule has 60 valence electrons. The van der Waals surface area contributed by atoms with E-state index in [-0.39, 0.29) is 0 Å². The summed E-state index contributed by atoms with van der Waals surface area (Å²) in [6.07, 6.45) is 8.07. The highest BCUT2D eigenvalue weighted by molar-refractivity contribution is 5.14. The van der Waals surface area contributed by atoms with Crippen LogP contribution in [0.4, 0.5) is 0 Å². The van der Waals surface area contributed by atoms with Crippen LogP contribution in [0.5, 0.6) is 0 Å². The molecule has 0 aromatic heterocycles. The molecule has 0 amide bonds. The fourth-order valence-electron chi connectivity index (χ4n) is 4.48. The van der Waals surface area contributed by atoms with Crippen molar-refractivity contribution in [2.75, 3.05) is 0 Å². The van der Waals surface area contributed by atoms with E-state index in [2.05, 4.69) is 0 Å². The Kier molecular flexibility index (Phi) is 0.781. The molecule has 0 spiro atoms. The molecule has 4 saturated carbocycles. The highest BCUT2D eigenvalue weighted by atomic mass is 14.7. The zero-order valence-corrected chi connectivity index (χ0v) is 7.00. The number of hydrogen-bond donors (Lipinski definition) is 0. The van der Waals surface area contributed by atoms with Crippen LogP contribution in [0.1, 0.15) is 32.1 Å². The van der Waals surface area contributed by atoms with Gasteiger partial charge in [0.1, 0.15) is 0 Å². The lowest BCUT2D eigenvalue weighted by Crippen LogP contribution is -2.10. The first kappa shape index (κ1) is 5.61. The minimum atomic E-state index is 1.21. The fourth-order valence-corrected chi connectivity index (χ4v) is 4.48. The molecule has 0 heteroatoms. The van der Waals surface area contributed by atoms with Gasteiger partial charge in [0, 0.05) is 0 Å². The Hall–Kier alpha value is 0. The zero-order valence-electron chi connectivity index (χ0n) is 7.00. The molecule has 11 heavy (non-hydrogen) atoms. The first-order valence-electron chi connectivity index (χ1n) is 5.45. The van der Waals surface area contributed by atoms with Crippen LogP contribution in [0.25, 0.3) is 0 Å². The SMILES string of the molecule is C1CC1C1CC2C3CCC1C32. The highest BCUT2D eigenvalue weighted by Crippen LogP contribution is 2.73. The molecule has 0 nitrogen and oxygen atoms in total. The summed E-state index contributed by atoms with van der Waals surface area (Å²) in [5, 5.41) is 0. The van der Waals surface area contributed by atoms with Crippen LogP contribution in [0, 0.1) is 35.5 Å². The standard InChI is InChI=1S/C11H16/c1-2-6(1)9-5-10-8-4-3-7(9)11(8)10/h6-11H,1-5H2. The molecule has 5 unspecified atom stereocenters. The summed E-state index contributed by atoms with van der Waals surface area (Å²) in [7, 11) is 0. The van der Waals surface area contributed by atoms with E-state index in [1.165, 1.54) is 35.5 Å². The molecule has 4 aliphatic carbocycles. The molecule has 0 aromatic carbocycles. The monoisotopic (exact) mass is 148 g/mol. The maximum absolute atomic E-state index is 1.66. The molecular weight excluding hydrogens is 132 g/mol. The van der Waals surface area contributed by atoms with E-state index >= 15 is 0 Å². The van der Waals surface area contributed by atoms with Crippen molar-refractivity contribution in [3.05, 3.63) is 0 Å². The summed E-state index contributed by atoms with van der Waals surface area (Å²) in [5.74, 6) is 7.43. The quantitative estimate of drug-likeness (QED) is 0.536. The molecule has 4 aliphatic rings. The molecular formula is C11H16. The summed E-state index contributed by atoms with van der Waals surface area (Å²) in [4.78, 5) is 0. The van der Waals surface area contributed by atoms with Crippen molar-refractivity contribution in [3.63, 3.8) is 0 Å². The molecule has 5 atom stereocenters. The van der Waals surface area contributed by atoms with Gasteiger partial charge in [0.2, 0.25) is 0 Å². The number of hydrogen-bond acceptors (Lipinski definition) is 0. The smallest absolute Gasteiger partial charge is 0.0321 e. The molecule has 0 aliphatic heterocycles. The van der Waals surface area contributed by atoms with Crippen molar-refractivity contribution >= 4 is 0 Å². The minimum Gasteiger partial charge on any atom is -0.0499 e. The van der Waals surface area contributed by atoms with Crippen LogP contribution in [0.3, 0.4) is 0 Å². The Bertz CT molecular complexity index is 204. The van der Waals surface area contributed by atoms with Crippen LogP contribution < -0.4 is 0 Å². The van der Waals surface area contributed by atoms with Crippen molar-refractivity contribution in [1.82, 2.24) is 0 Å². The van der Waals surface area contributed by atoms with Gasteiger partial charge in [-0.05, 0) is 67.6 Å². The Balaban J connectivity index is 1.66. The van der Waals surface area contributed by atoms with Crippen LogP contribution in [-0.4, -0.2) is 0 Å². The third kappa shape index (κ3) is 0.554. The molecule has 4 fully saturated rings. The minimum absolute atomic E-state index is 1.21.